The predicted molar refractivity (Wildman–Crippen MR) is 273 cm³/mol. The minimum atomic E-state index is -0.497. The maximum absolute atomic E-state index is 7.36. The van der Waals surface area contributed by atoms with Crippen molar-refractivity contribution in [1.82, 2.24) is 14.1 Å². The first kappa shape index (κ1) is 38.0. The molecule has 3 heterocycles. The number of imidazole rings is 1. The summed E-state index contributed by atoms with van der Waals surface area (Å²) < 4.78 is 12.0. The molecule has 4 heteroatoms. The molecule has 13 rings (SSSR count). The van der Waals surface area contributed by atoms with Crippen molar-refractivity contribution in [3.63, 3.8) is 0 Å². The van der Waals surface area contributed by atoms with E-state index in [0.717, 1.165) is 84.7 Å². The molecule has 312 valence electrons. The number of allylic oxidation sites excluding steroid dienone is 1. The molecule has 12 aromatic rings. The Morgan fingerprint density at radius 2 is 1.08 bits per heavy atom. The summed E-state index contributed by atoms with van der Waals surface area (Å²) in [6, 6.07) is 80.5. The van der Waals surface area contributed by atoms with E-state index in [0.29, 0.717) is 0 Å². The third-order valence-corrected chi connectivity index (χ3v) is 13.8. The van der Waals surface area contributed by atoms with E-state index >= 15 is 0 Å². The van der Waals surface area contributed by atoms with Crippen molar-refractivity contribution in [2.75, 3.05) is 0 Å². The van der Waals surface area contributed by atoms with Gasteiger partial charge in [-0.25, -0.2) is 4.98 Å². The Morgan fingerprint density at radius 1 is 0.455 bits per heavy atom. The van der Waals surface area contributed by atoms with Crippen molar-refractivity contribution in [3.05, 3.63) is 247 Å². The van der Waals surface area contributed by atoms with Crippen LogP contribution in [0.4, 0.5) is 0 Å². The molecule has 0 N–H and O–H groups in total. The van der Waals surface area contributed by atoms with Crippen LogP contribution in [-0.2, 0) is 5.41 Å². The SMILES string of the molecule is CC1(c2ccc3c(c2)c2ccccc2n3-c2cccc(-c3nc4ccccc4n3-c3ccccc3)c2)CC(c2ccccc2)=Cc2c1oc1c(-c3ccccc3)cc(-c3ccccc3)cc21. The lowest BCUT2D eigenvalue weighted by atomic mass is 9.69. The van der Waals surface area contributed by atoms with E-state index in [-0.39, 0.29) is 0 Å². The molecule has 0 aliphatic heterocycles. The van der Waals surface area contributed by atoms with Crippen molar-refractivity contribution < 1.29 is 4.42 Å². The van der Waals surface area contributed by atoms with Crippen LogP contribution in [0.1, 0.15) is 35.8 Å². The minimum Gasteiger partial charge on any atom is -0.459 e. The Bertz CT molecular complexity index is 3840. The fourth-order valence-corrected chi connectivity index (χ4v) is 10.6. The lowest BCUT2D eigenvalue weighted by molar-refractivity contribution is 0.430. The Labute approximate surface area is 383 Å². The van der Waals surface area contributed by atoms with Crippen LogP contribution in [-0.4, -0.2) is 14.1 Å². The zero-order chi connectivity index (χ0) is 43.8. The molecule has 0 amide bonds. The van der Waals surface area contributed by atoms with Gasteiger partial charge >= 0.3 is 0 Å². The average molecular weight is 846 g/mol. The van der Waals surface area contributed by atoms with Gasteiger partial charge in [-0.3, -0.25) is 4.57 Å². The summed E-state index contributed by atoms with van der Waals surface area (Å²) in [6.07, 6.45) is 3.18. The molecule has 0 fully saturated rings. The van der Waals surface area contributed by atoms with Gasteiger partial charge in [-0.05, 0) is 120 Å². The standard InChI is InChI=1S/C62H43N3O/c1-62(40-46(42-21-8-3-9-22-42)38-54-53-37-45(41-19-6-2-7-20-41)36-51(59(53)66-60(54)62)43-23-10-4-11-24-43)47-33-34-57-52(39-47)50-29-14-16-31-56(50)64(57)49-28-18-25-44(35-49)61-63-55-30-15-17-32-58(55)65(61)48-26-12-5-13-27-48/h2-39H,40H2,1H3. The summed E-state index contributed by atoms with van der Waals surface area (Å²) in [7, 11) is 0. The smallest absolute Gasteiger partial charge is 0.145 e. The van der Waals surface area contributed by atoms with Crippen molar-refractivity contribution >= 4 is 55.5 Å². The van der Waals surface area contributed by atoms with Gasteiger partial charge in [-0.15, -0.1) is 0 Å². The van der Waals surface area contributed by atoms with Gasteiger partial charge in [-0.1, -0.05) is 158 Å². The monoisotopic (exact) mass is 845 g/mol. The van der Waals surface area contributed by atoms with Gasteiger partial charge < -0.3 is 8.98 Å². The Kier molecular flexibility index (Phi) is 8.69. The predicted octanol–water partition coefficient (Wildman–Crippen LogP) is 16.1. The van der Waals surface area contributed by atoms with Gasteiger partial charge in [-0.2, -0.15) is 0 Å². The lowest BCUT2D eigenvalue weighted by Gasteiger charge is -2.33. The molecule has 0 bridgehead atoms. The van der Waals surface area contributed by atoms with Gasteiger partial charge in [0.25, 0.3) is 0 Å². The molecule has 0 spiro atoms. The van der Waals surface area contributed by atoms with E-state index in [2.05, 4.69) is 247 Å². The average Bonchev–Trinajstić information content (AvgIpc) is 4.07. The van der Waals surface area contributed by atoms with Gasteiger partial charge in [0.05, 0.1) is 27.5 Å². The van der Waals surface area contributed by atoms with E-state index in [1.807, 2.05) is 0 Å². The molecule has 1 unspecified atom stereocenters. The molecule has 66 heavy (non-hydrogen) atoms. The topological polar surface area (TPSA) is 35.9 Å². The van der Waals surface area contributed by atoms with Crippen molar-refractivity contribution in [1.29, 1.82) is 0 Å². The van der Waals surface area contributed by atoms with Gasteiger partial charge in [0.15, 0.2) is 0 Å². The highest BCUT2D eigenvalue weighted by Gasteiger charge is 2.40. The number of hydrogen-bond acceptors (Lipinski definition) is 2. The van der Waals surface area contributed by atoms with E-state index in [1.54, 1.807) is 0 Å². The molecule has 1 aliphatic rings. The number of fused-ring (bicyclic) bond motifs is 7. The number of nitrogens with zero attached hydrogens (tertiary/aromatic N) is 3. The van der Waals surface area contributed by atoms with Crippen LogP contribution >= 0.6 is 0 Å². The summed E-state index contributed by atoms with van der Waals surface area (Å²) in [5, 5.41) is 3.54. The van der Waals surface area contributed by atoms with Crippen molar-refractivity contribution in [2.45, 2.75) is 18.8 Å². The van der Waals surface area contributed by atoms with Crippen LogP contribution in [0.25, 0.3) is 100 Å². The third kappa shape index (κ3) is 6.03. The van der Waals surface area contributed by atoms with Crippen molar-refractivity contribution in [3.8, 4) is 45.0 Å². The maximum atomic E-state index is 7.36. The Hall–Kier alpha value is -8.47. The van der Waals surface area contributed by atoms with E-state index in [1.165, 1.54) is 38.6 Å². The fourth-order valence-electron chi connectivity index (χ4n) is 10.6. The first-order valence-electron chi connectivity index (χ1n) is 22.7. The zero-order valence-corrected chi connectivity index (χ0v) is 36.4. The molecule has 4 nitrogen and oxygen atoms in total. The normalized spacial score (nSPS) is 14.8. The number of para-hydroxylation sites is 4. The highest BCUT2D eigenvalue weighted by atomic mass is 16.3. The maximum Gasteiger partial charge on any atom is 0.145 e. The molecular weight excluding hydrogens is 803 g/mol. The molecule has 0 radical (unpaired) electrons. The molecule has 0 saturated heterocycles. The van der Waals surface area contributed by atoms with E-state index < -0.39 is 5.41 Å². The van der Waals surface area contributed by atoms with Crippen molar-refractivity contribution in [2.24, 2.45) is 0 Å². The Morgan fingerprint density at radius 3 is 1.85 bits per heavy atom. The van der Waals surface area contributed by atoms with Crippen LogP contribution in [0, 0.1) is 0 Å². The largest absolute Gasteiger partial charge is 0.459 e. The summed E-state index contributed by atoms with van der Waals surface area (Å²) in [4.78, 5) is 5.22. The van der Waals surface area contributed by atoms with Gasteiger partial charge in [0, 0.05) is 44.2 Å². The molecule has 1 atom stereocenters. The van der Waals surface area contributed by atoms with Crippen LogP contribution in [0.3, 0.4) is 0 Å². The number of aromatic nitrogens is 3. The summed E-state index contributed by atoms with van der Waals surface area (Å²) in [6.45, 7) is 2.38. The quantitative estimate of drug-likeness (QED) is 0.160. The van der Waals surface area contributed by atoms with Gasteiger partial charge in [0.1, 0.15) is 17.2 Å². The van der Waals surface area contributed by atoms with Crippen LogP contribution < -0.4 is 0 Å². The van der Waals surface area contributed by atoms with Crippen LogP contribution in [0.15, 0.2) is 229 Å². The first-order chi connectivity index (χ1) is 32.6. The summed E-state index contributed by atoms with van der Waals surface area (Å²) >= 11 is 0. The van der Waals surface area contributed by atoms with E-state index in [4.69, 9.17) is 9.40 Å². The molecule has 0 saturated carbocycles. The second kappa shape index (κ2) is 15.1. The Balaban J connectivity index is 1.01. The lowest BCUT2D eigenvalue weighted by Crippen LogP contribution is -2.26. The third-order valence-electron chi connectivity index (χ3n) is 13.8. The summed E-state index contributed by atoms with van der Waals surface area (Å²) in [5.74, 6) is 1.91. The highest BCUT2D eigenvalue weighted by Crippen LogP contribution is 2.52. The summed E-state index contributed by atoms with van der Waals surface area (Å²) in [5.41, 5.74) is 17.4. The van der Waals surface area contributed by atoms with Gasteiger partial charge in [0.2, 0.25) is 0 Å². The first-order valence-corrected chi connectivity index (χ1v) is 22.7. The second-order valence-corrected chi connectivity index (χ2v) is 17.8. The number of rotatable bonds is 7. The molecule has 3 aromatic heterocycles. The molecule has 1 aliphatic carbocycles. The fraction of sp³-hybridized carbons (Fsp3) is 0.0484. The highest BCUT2D eigenvalue weighted by molar-refractivity contribution is 6.10. The number of benzene rings is 9. The van der Waals surface area contributed by atoms with Crippen LogP contribution in [0.5, 0.6) is 0 Å². The zero-order valence-electron chi connectivity index (χ0n) is 36.4. The number of furan rings is 1. The molecule has 9 aromatic carbocycles. The molecular formula is C62H43N3O. The van der Waals surface area contributed by atoms with E-state index in [9.17, 15) is 0 Å². The number of hydrogen-bond donors (Lipinski definition) is 0. The minimum absolute atomic E-state index is 0.497. The van der Waals surface area contributed by atoms with Crippen LogP contribution in [0.2, 0.25) is 0 Å². The second-order valence-electron chi connectivity index (χ2n) is 17.8.